The SMILES string of the molecule is O=C(CC1CCCO1)Nc1cc([N+](=O)[O-])ccc1C(=O)O. The molecular weight excluding hydrogens is 280 g/mol. The quantitative estimate of drug-likeness (QED) is 0.631. The number of nitrogens with zero attached hydrogens (tertiary/aromatic N) is 1. The van der Waals surface area contributed by atoms with Crippen molar-refractivity contribution in [2.24, 2.45) is 0 Å². The monoisotopic (exact) mass is 294 g/mol. The van der Waals surface area contributed by atoms with E-state index in [1.54, 1.807) is 0 Å². The summed E-state index contributed by atoms with van der Waals surface area (Å²) in [4.78, 5) is 33.0. The molecule has 1 unspecified atom stereocenters. The molecule has 0 radical (unpaired) electrons. The summed E-state index contributed by atoms with van der Waals surface area (Å²) in [5.41, 5.74) is -0.562. The molecule has 0 bridgehead atoms. The molecule has 0 aromatic heterocycles. The Hall–Kier alpha value is -2.48. The fraction of sp³-hybridized carbons (Fsp3) is 0.385. The van der Waals surface area contributed by atoms with Gasteiger partial charge in [0.2, 0.25) is 5.91 Å². The molecule has 1 aliphatic heterocycles. The summed E-state index contributed by atoms with van der Waals surface area (Å²) in [5, 5.41) is 22.2. The van der Waals surface area contributed by atoms with Crippen molar-refractivity contribution in [3.63, 3.8) is 0 Å². The van der Waals surface area contributed by atoms with Crippen LogP contribution in [0.1, 0.15) is 29.6 Å². The Morgan fingerprint density at radius 2 is 2.24 bits per heavy atom. The fourth-order valence-electron chi connectivity index (χ4n) is 2.15. The summed E-state index contributed by atoms with van der Waals surface area (Å²) in [6, 6.07) is 3.22. The first-order chi connectivity index (χ1) is 9.97. The normalized spacial score (nSPS) is 17.4. The van der Waals surface area contributed by atoms with Crippen LogP contribution in [0.5, 0.6) is 0 Å². The second-order valence-corrected chi connectivity index (χ2v) is 4.68. The van der Waals surface area contributed by atoms with E-state index in [0.29, 0.717) is 6.61 Å². The molecule has 112 valence electrons. The maximum absolute atomic E-state index is 11.9. The zero-order valence-electron chi connectivity index (χ0n) is 11.1. The summed E-state index contributed by atoms with van der Waals surface area (Å²) in [7, 11) is 0. The molecular formula is C13H14N2O6. The number of aromatic carboxylic acids is 1. The van der Waals surface area contributed by atoms with E-state index in [9.17, 15) is 19.7 Å². The fourth-order valence-corrected chi connectivity index (χ4v) is 2.15. The van der Waals surface area contributed by atoms with Crippen LogP contribution in [-0.4, -0.2) is 34.6 Å². The Balaban J connectivity index is 2.15. The van der Waals surface area contributed by atoms with Crippen molar-refractivity contribution in [1.29, 1.82) is 0 Å². The number of hydrogen-bond acceptors (Lipinski definition) is 5. The van der Waals surface area contributed by atoms with Crippen molar-refractivity contribution in [3.8, 4) is 0 Å². The molecule has 1 fully saturated rings. The molecule has 1 aliphatic rings. The number of amides is 1. The highest BCUT2D eigenvalue weighted by Gasteiger charge is 2.21. The molecule has 1 amide bonds. The molecule has 0 saturated carbocycles. The number of rotatable bonds is 5. The molecule has 0 spiro atoms. The van der Waals surface area contributed by atoms with Crippen LogP contribution in [-0.2, 0) is 9.53 Å². The van der Waals surface area contributed by atoms with E-state index in [1.807, 2.05) is 0 Å². The van der Waals surface area contributed by atoms with Gasteiger partial charge in [-0.2, -0.15) is 0 Å². The molecule has 1 aromatic rings. The zero-order chi connectivity index (χ0) is 15.4. The van der Waals surface area contributed by atoms with Crippen molar-refractivity contribution in [3.05, 3.63) is 33.9 Å². The van der Waals surface area contributed by atoms with Gasteiger partial charge in [-0.3, -0.25) is 14.9 Å². The average molecular weight is 294 g/mol. The lowest BCUT2D eigenvalue weighted by Crippen LogP contribution is -2.20. The number of benzene rings is 1. The number of nitro groups is 1. The molecule has 21 heavy (non-hydrogen) atoms. The lowest BCUT2D eigenvalue weighted by molar-refractivity contribution is -0.384. The second-order valence-electron chi connectivity index (χ2n) is 4.68. The van der Waals surface area contributed by atoms with Crippen molar-refractivity contribution >= 4 is 23.3 Å². The first-order valence-electron chi connectivity index (χ1n) is 6.40. The van der Waals surface area contributed by atoms with Gasteiger partial charge in [-0.1, -0.05) is 0 Å². The second kappa shape index (κ2) is 6.31. The molecule has 1 heterocycles. The lowest BCUT2D eigenvalue weighted by atomic mass is 10.1. The van der Waals surface area contributed by atoms with Gasteiger partial charge in [0.05, 0.1) is 28.7 Å². The van der Waals surface area contributed by atoms with E-state index in [0.717, 1.165) is 31.0 Å². The number of carboxylic acids is 1. The number of carboxylic acid groups (broad SMARTS) is 1. The van der Waals surface area contributed by atoms with Crippen LogP contribution in [0.3, 0.4) is 0 Å². The maximum atomic E-state index is 11.9. The van der Waals surface area contributed by atoms with Gasteiger partial charge in [-0.25, -0.2) is 4.79 Å². The Bertz CT molecular complexity index is 580. The Labute approximate surface area is 119 Å². The predicted octanol–water partition coefficient (Wildman–Crippen LogP) is 1.80. The van der Waals surface area contributed by atoms with E-state index in [-0.39, 0.29) is 29.5 Å². The van der Waals surface area contributed by atoms with Gasteiger partial charge in [0, 0.05) is 18.7 Å². The number of ether oxygens (including phenoxy) is 1. The van der Waals surface area contributed by atoms with Crippen LogP contribution < -0.4 is 5.32 Å². The number of anilines is 1. The number of hydrogen-bond donors (Lipinski definition) is 2. The van der Waals surface area contributed by atoms with Crippen LogP contribution in [0.4, 0.5) is 11.4 Å². The minimum Gasteiger partial charge on any atom is -0.478 e. The molecule has 2 rings (SSSR count). The first-order valence-corrected chi connectivity index (χ1v) is 6.40. The van der Waals surface area contributed by atoms with Crippen molar-refractivity contribution in [1.82, 2.24) is 0 Å². The number of nitrogens with one attached hydrogen (secondary N) is 1. The third-order valence-corrected chi connectivity index (χ3v) is 3.16. The summed E-state index contributed by atoms with van der Waals surface area (Å²) in [6.07, 6.45) is 1.57. The number of non-ortho nitro benzene ring substituents is 1. The maximum Gasteiger partial charge on any atom is 0.337 e. The molecule has 8 nitrogen and oxygen atoms in total. The summed E-state index contributed by atoms with van der Waals surface area (Å²) >= 11 is 0. The minimum absolute atomic E-state index is 0.0836. The van der Waals surface area contributed by atoms with Crippen LogP contribution in [0.25, 0.3) is 0 Å². The lowest BCUT2D eigenvalue weighted by Gasteiger charge is -2.11. The molecule has 0 aliphatic carbocycles. The van der Waals surface area contributed by atoms with E-state index < -0.39 is 16.8 Å². The topological polar surface area (TPSA) is 119 Å². The van der Waals surface area contributed by atoms with E-state index in [4.69, 9.17) is 9.84 Å². The highest BCUT2D eigenvalue weighted by molar-refractivity contribution is 6.01. The Morgan fingerprint density at radius 1 is 1.48 bits per heavy atom. The largest absolute Gasteiger partial charge is 0.478 e. The summed E-state index contributed by atoms with van der Waals surface area (Å²) in [5.74, 6) is -1.69. The smallest absolute Gasteiger partial charge is 0.337 e. The van der Waals surface area contributed by atoms with Crippen LogP contribution >= 0.6 is 0 Å². The van der Waals surface area contributed by atoms with Crippen LogP contribution in [0, 0.1) is 10.1 Å². The average Bonchev–Trinajstić information content (AvgIpc) is 2.90. The van der Waals surface area contributed by atoms with Gasteiger partial charge in [0.25, 0.3) is 5.69 Å². The number of carbonyl (C=O) groups is 2. The predicted molar refractivity (Wildman–Crippen MR) is 72.3 cm³/mol. The third kappa shape index (κ3) is 3.76. The van der Waals surface area contributed by atoms with Gasteiger partial charge in [0.1, 0.15) is 0 Å². The Morgan fingerprint density at radius 3 is 2.81 bits per heavy atom. The highest BCUT2D eigenvalue weighted by Crippen LogP contribution is 2.24. The van der Waals surface area contributed by atoms with Crippen molar-refractivity contribution in [2.45, 2.75) is 25.4 Å². The van der Waals surface area contributed by atoms with Gasteiger partial charge in [0.15, 0.2) is 0 Å². The summed E-state index contributed by atoms with van der Waals surface area (Å²) in [6.45, 7) is 0.606. The molecule has 1 saturated heterocycles. The zero-order valence-corrected chi connectivity index (χ0v) is 11.1. The van der Waals surface area contributed by atoms with Gasteiger partial charge < -0.3 is 15.2 Å². The van der Waals surface area contributed by atoms with Crippen LogP contribution in [0.2, 0.25) is 0 Å². The summed E-state index contributed by atoms with van der Waals surface area (Å²) < 4.78 is 5.32. The van der Waals surface area contributed by atoms with Crippen molar-refractivity contribution < 1.29 is 24.4 Å². The molecule has 1 atom stereocenters. The first kappa shape index (κ1) is 14.9. The van der Waals surface area contributed by atoms with Gasteiger partial charge in [-0.05, 0) is 18.9 Å². The van der Waals surface area contributed by atoms with Gasteiger partial charge >= 0.3 is 5.97 Å². The minimum atomic E-state index is -1.27. The molecule has 2 N–H and O–H groups in total. The molecule has 8 heteroatoms. The number of nitro benzene ring substituents is 1. The van der Waals surface area contributed by atoms with E-state index >= 15 is 0 Å². The molecule has 1 aromatic carbocycles. The van der Waals surface area contributed by atoms with E-state index in [2.05, 4.69) is 5.32 Å². The van der Waals surface area contributed by atoms with Gasteiger partial charge in [-0.15, -0.1) is 0 Å². The van der Waals surface area contributed by atoms with Crippen molar-refractivity contribution in [2.75, 3.05) is 11.9 Å². The number of carbonyl (C=O) groups excluding carboxylic acids is 1. The highest BCUT2D eigenvalue weighted by atomic mass is 16.6. The van der Waals surface area contributed by atoms with Crippen LogP contribution in [0.15, 0.2) is 18.2 Å². The van der Waals surface area contributed by atoms with E-state index in [1.165, 1.54) is 0 Å². The Kier molecular flexibility index (Phi) is 4.49. The standard InChI is InChI=1S/C13H14N2O6/c16-12(7-9-2-1-5-21-9)14-11-6-8(15(19)20)3-4-10(11)13(17)18/h3-4,6,9H,1-2,5,7H2,(H,14,16)(H,17,18). The third-order valence-electron chi connectivity index (χ3n) is 3.16.